The molecular formula is C32H38F2O3. The van der Waals surface area contributed by atoms with E-state index in [4.69, 9.17) is 4.74 Å². The first-order chi connectivity index (χ1) is 18.0. The van der Waals surface area contributed by atoms with E-state index in [1.165, 1.54) is 43.0 Å². The zero-order valence-electron chi connectivity index (χ0n) is 22.0. The first kappa shape index (κ1) is 28.4. The van der Waals surface area contributed by atoms with Gasteiger partial charge in [0.05, 0.1) is 12.2 Å². The van der Waals surface area contributed by atoms with Crippen molar-refractivity contribution in [1.82, 2.24) is 0 Å². The van der Waals surface area contributed by atoms with Gasteiger partial charge in [-0.15, -0.1) is 0 Å². The standard InChI is InChI=1S/C32H38F2O3/c1-3-5-7-9-11-21-37-29-20-19-26(30(33)31(29)34)28-22-25(17-18-27(28)32(35)36)24-15-13-23(14-16-24)12-10-8-6-4-2/h13-20,22H,3-12,21H2,1-2H3,(H,35,36). The number of aromatic carboxylic acids is 1. The molecule has 1 N–H and O–H groups in total. The number of hydrogen-bond donors (Lipinski definition) is 1. The van der Waals surface area contributed by atoms with Crippen molar-refractivity contribution in [3.63, 3.8) is 0 Å². The van der Waals surface area contributed by atoms with E-state index in [9.17, 15) is 14.3 Å². The van der Waals surface area contributed by atoms with Crippen LogP contribution in [0.4, 0.5) is 8.78 Å². The highest BCUT2D eigenvalue weighted by Gasteiger charge is 2.21. The smallest absolute Gasteiger partial charge is 0.336 e. The van der Waals surface area contributed by atoms with Gasteiger partial charge in [0, 0.05) is 5.56 Å². The molecule has 0 saturated heterocycles. The van der Waals surface area contributed by atoms with Gasteiger partial charge in [-0.05, 0) is 65.8 Å². The second-order valence-corrected chi connectivity index (χ2v) is 9.57. The lowest BCUT2D eigenvalue weighted by atomic mass is 9.93. The number of carboxylic acids is 1. The fraction of sp³-hybridized carbons (Fsp3) is 0.406. The van der Waals surface area contributed by atoms with Crippen LogP contribution >= 0.6 is 0 Å². The van der Waals surface area contributed by atoms with Crippen LogP contribution < -0.4 is 4.74 Å². The van der Waals surface area contributed by atoms with E-state index < -0.39 is 17.6 Å². The van der Waals surface area contributed by atoms with Gasteiger partial charge in [0.15, 0.2) is 11.6 Å². The van der Waals surface area contributed by atoms with E-state index in [0.29, 0.717) is 6.61 Å². The SMILES string of the molecule is CCCCCCCOc1ccc(-c2cc(-c3ccc(CCCCCC)cc3)ccc2C(=O)O)c(F)c1F. The summed E-state index contributed by atoms with van der Waals surface area (Å²) in [6.45, 7) is 4.63. The number of hydrogen-bond acceptors (Lipinski definition) is 2. The predicted octanol–water partition coefficient (Wildman–Crippen LogP) is 9.47. The van der Waals surface area contributed by atoms with Crippen LogP contribution in [-0.4, -0.2) is 17.7 Å². The Bertz CT molecular complexity index is 1160. The number of aryl methyl sites for hydroxylation is 1. The fourth-order valence-electron chi connectivity index (χ4n) is 4.49. The fourth-order valence-corrected chi connectivity index (χ4v) is 4.49. The average Bonchev–Trinajstić information content (AvgIpc) is 2.91. The van der Waals surface area contributed by atoms with Gasteiger partial charge in [0.1, 0.15) is 0 Å². The van der Waals surface area contributed by atoms with Gasteiger partial charge in [-0.1, -0.05) is 89.1 Å². The molecule has 0 fully saturated rings. The number of carboxylic acid groups (broad SMARTS) is 1. The van der Waals surface area contributed by atoms with Crippen molar-refractivity contribution in [1.29, 1.82) is 0 Å². The summed E-state index contributed by atoms with van der Waals surface area (Å²) >= 11 is 0. The van der Waals surface area contributed by atoms with Gasteiger partial charge in [0.25, 0.3) is 0 Å². The minimum atomic E-state index is -1.20. The van der Waals surface area contributed by atoms with Gasteiger partial charge in [-0.3, -0.25) is 0 Å². The average molecular weight is 509 g/mol. The van der Waals surface area contributed by atoms with Gasteiger partial charge in [-0.25, -0.2) is 9.18 Å². The predicted molar refractivity (Wildman–Crippen MR) is 146 cm³/mol. The molecule has 0 atom stereocenters. The topological polar surface area (TPSA) is 46.5 Å². The lowest BCUT2D eigenvalue weighted by Gasteiger charge is -2.14. The summed E-state index contributed by atoms with van der Waals surface area (Å²) < 4.78 is 35.5. The maximum absolute atomic E-state index is 15.2. The van der Waals surface area contributed by atoms with Crippen molar-refractivity contribution < 1.29 is 23.4 Å². The summed E-state index contributed by atoms with van der Waals surface area (Å²) in [5, 5.41) is 9.72. The van der Waals surface area contributed by atoms with Crippen LogP contribution in [-0.2, 0) is 6.42 Å². The molecule has 0 aliphatic heterocycles. The molecule has 3 rings (SSSR count). The highest BCUT2D eigenvalue weighted by atomic mass is 19.2. The summed E-state index contributed by atoms with van der Waals surface area (Å²) in [4.78, 5) is 11.9. The number of rotatable bonds is 15. The number of benzene rings is 3. The maximum atomic E-state index is 15.2. The summed E-state index contributed by atoms with van der Waals surface area (Å²) in [6, 6.07) is 15.7. The van der Waals surface area contributed by atoms with Crippen LogP contribution in [0.1, 0.15) is 87.6 Å². The van der Waals surface area contributed by atoms with Crippen molar-refractivity contribution in [2.45, 2.75) is 78.1 Å². The van der Waals surface area contributed by atoms with Gasteiger partial charge in [0.2, 0.25) is 5.82 Å². The van der Waals surface area contributed by atoms with Crippen LogP contribution in [0.5, 0.6) is 5.75 Å². The summed E-state index contributed by atoms with van der Waals surface area (Å²) in [5.41, 5.74) is 2.83. The number of carbonyl (C=O) groups is 1. The molecule has 0 aromatic heterocycles. The molecule has 3 nitrogen and oxygen atoms in total. The van der Waals surface area contributed by atoms with Crippen molar-refractivity contribution in [2.75, 3.05) is 6.61 Å². The largest absolute Gasteiger partial charge is 0.490 e. The molecule has 37 heavy (non-hydrogen) atoms. The summed E-state index contributed by atoms with van der Waals surface area (Å²) in [6.07, 6.45) is 10.9. The van der Waals surface area contributed by atoms with E-state index in [1.54, 1.807) is 12.1 Å². The Kier molecular flexibility index (Phi) is 11.1. The maximum Gasteiger partial charge on any atom is 0.336 e. The second kappa shape index (κ2) is 14.5. The third-order valence-electron chi connectivity index (χ3n) is 6.70. The molecule has 0 heterocycles. The molecule has 0 aliphatic rings. The van der Waals surface area contributed by atoms with Gasteiger partial charge >= 0.3 is 5.97 Å². The Morgan fingerprint density at radius 2 is 1.38 bits per heavy atom. The van der Waals surface area contributed by atoms with E-state index >= 15 is 4.39 Å². The number of halogens is 2. The summed E-state index contributed by atoms with van der Waals surface area (Å²) in [7, 11) is 0. The number of ether oxygens (including phenoxy) is 1. The van der Waals surface area contributed by atoms with Crippen LogP contribution in [0, 0.1) is 11.6 Å². The van der Waals surface area contributed by atoms with Crippen LogP contribution in [0.2, 0.25) is 0 Å². The van der Waals surface area contributed by atoms with Crippen molar-refractivity contribution in [3.8, 4) is 28.0 Å². The molecule has 0 bridgehead atoms. The molecule has 3 aromatic carbocycles. The molecule has 0 radical (unpaired) electrons. The Labute approximate surface area is 219 Å². The Balaban J connectivity index is 1.82. The third-order valence-corrected chi connectivity index (χ3v) is 6.70. The molecule has 0 spiro atoms. The van der Waals surface area contributed by atoms with E-state index in [2.05, 4.69) is 26.0 Å². The highest BCUT2D eigenvalue weighted by molar-refractivity contribution is 5.97. The zero-order chi connectivity index (χ0) is 26.6. The van der Waals surface area contributed by atoms with Crippen molar-refractivity contribution in [2.24, 2.45) is 0 Å². The lowest BCUT2D eigenvalue weighted by molar-refractivity contribution is 0.0697. The molecule has 0 amide bonds. The molecule has 3 aromatic rings. The van der Waals surface area contributed by atoms with Crippen LogP contribution in [0.15, 0.2) is 54.6 Å². The highest BCUT2D eigenvalue weighted by Crippen LogP contribution is 2.35. The van der Waals surface area contributed by atoms with Gasteiger partial charge in [-0.2, -0.15) is 4.39 Å². The Hall–Kier alpha value is -3.21. The van der Waals surface area contributed by atoms with Crippen molar-refractivity contribution in [3.05, 3.63) is 77.4 Å². The lowest BCUT2D eigenvalue weighted by Crippen LogP contribution is -2.04. The molecule has 0 aliphatic carbocycles. The van der Waals surface area contributed by atoms with E-state index in [1.807, 2.05) is 12.1 Å². The molecule has 5 heteroatoms. The minimum absolute atomic E-state index is 0.0841. The molecular weight excluding hydrogens is 470 g/mol. The van der Waals surface area contributed by atoms with Crippen LogP contribution in [0.3, 0.4) is 0 Å². The molecule has 0 saturated carbocycles. The molecule has 198 valence electrons. The Morgan fingerprint density at radius 1 is 0.730 bits per heavy atom. The summed E-state index contributed by atoms with van der Waals surface area (Å²) in [5.74, 6) is -3.55. The van der Waals surface area contributed by atoms with Gasteiger partial charge < -0.3 is 9.84 Å². The van der Waals surface area contributed by atoms with Crippen molar-refractivity contribution >= 4 is 5.97 Å². The minimum Gasteiger partial charge on any atom is -0.490 e. The first-order valence-corrected chi connectivity index (χ1v) is 13.5. The third kappa shape index (κ3) is 7.88. The first-order valence-electron chi connectivity index (χ1n) is 13.5. The normalized spacial score (nSPS) is 11.0. The molecule has 0 unspecified atom stereocenters. The van der Waals surface area contributed by atoms with E-state index in [-0.39, 0.29) is 22.4 Å². The number of unbranched alkanes of at least 4 members (excludes halogenated alkanes) is 7. The van der Waals surface area contributed by atoms with E-state index in [0.717, 1.165) is 56.1 Å². The quantitative estimate of drug-likeness (QED) is 0.208. The second-order valence-electron chi connectivity index (χ2n) is 9.57. The zero-order valence-corrected chi connectivity index (χ0v) is 22.0. The van der Waals surface area contributed by atoms with Crippen LogP contribution in [0.25, 0.3) is 22.3 Å². The Morgan fingerprint density at radius 3 is 2.05 bits per heavy atom. The monoisotopic (exact) mass is 508 g/mol.